The fourth-order valence-corrected chi connectivity index (χ4v) is 4.49. The zero-order valence-electron chi connectivity index (χ0n) is 16.7. The second-order valence-corrected chi connectivity index (χ2v) is 8.54. The summed E-state index contributed by atoms with van der Waals surface area (Å²) in [4.78, 5) is 34.1. The topological polar surface area (TPSA) is 145 Å². The number of carbonyl (C=O) groups excluding carboxylic acids is 2. The van der Waals surface area contributed by atoms with E-state index in [0.717, 1.165) is 47.8 Å². The number of nitrogens with one attached hydrogen (secondary N) is 1. The van der Waals surface area contributed by atoms with Crippen LogP contribution < -0.4 is 5.32 Å². The van der Waals surface area contributed by atoms with Gasteiger partial charge >= 0.3 is 5.97 Å². The second-order valence-electron chi connectivity index (χ2n) is 6.63. The van der Waals surface area contributed by atoms with Gasteiger partial charge in [-0.05, 0) is 24.3 Å². The molecule has 1 saturated heterocycles. The number of ether oxygens (including phenoxy) is 2. The van der Waals surface area contributed by atoms with Gasteiger partial charge in [-0.3, -0.25) is 14.9 Å². The van der Waals surface area contributed by atoms with Gasteiger partial charge in [-0.2, -0.15) is 4.31 Å². The quantitative estimate of drug-likeness (QED) is 0.385. The third-order valence-corrected chi connectivity index (χ3v) is 6.50. The number of hydrogen-bond donors (Lipinski definition) is 1. The molecule has 1 aliphatic heterocycles. The van der Waals surface area contributed by atoms with Crippen molar-refractivity contribution in [2.45, 2.75) is 4.90 Å². The Morgan fingerprint density at radius 1 is 1.16 bits per heavy atom. The van der Waals surface area contributed by atoms with Crippen LogP contribution in [0.15, 0.2) is 41.3 Å². The van der Waals surface area contributed by atoms with Crippen LogP contribution in [-0.2, 0) is 19.5 Å². The highest BCUT2D eigenvalue weighted by molar-refractivity contribution is 7.89. The zero-order chi connectivity index (χ0) is 23.5. The van der Waals surface area contributed by atoms with E-state index in [1.54, 1.807) is 0 Å². The molecule has 2 aromatic carbocycles. The molecule has 1 fully saturated rings. The molecule has 3 rings (SSSR count). The summed E-state index contributed by atoms with van der Waals surface area (Å²) in [5.41, 5.74) is -1.05. The van der Waals surface area contributed by atoms with Gasteiger partial charge in [0, 0.05) is 36.5 Å². The Morgan fingerprint density at radius 3 is 2.44 bits per heavy atom. The smallest absolute Gasteiger partial charge is 0.338 e. The number of non-ortho nitro benzene ring substituents is 1. The first kappa shape index (κ1) is 23.2. The van der Waals surface area contributed by atoms with Crippen molar-refractivity contribution < 1.29 is 36.8 Å². The predicted molar refractivity (Wildman–Crippen MR) is 108 cm³/mol. The molecule has 0 aliphatic carbocycles. The van der Waals surface area contributed by atoms with Crippen LogP contribution >= 0.6 is 0 Å². The number of benzene rings is 2. The Hall–Kier alpha value is -3.42. The van der Waals surface area contributed by atoms with Crippen molar-refractivity contribution in [1.82, 2.24) is 4.31 Å². The molecule has 13 heteroatoms. The number of hydrogen-bond acceptors (Lipinski definition) is 8. The van der Waals surface area contributed by atoms with E-state index >= 15 is 0 Å². The van der Waals surface area contributed by atoms with Gasteiger partial charge in [0.15, 0.2) is 0 Å². The number of nitro groups is 1. The van der Waals surface area contributed by atoms with Crippen molar-refractivity contribution in [2.75, 3.05) is 38.7 Å². The van der Waals surface area contributed by atoms with Gasteiger partial charge in [-0.15, -0.1) is 0 Å². The normalized spacial score (nSPS) is 14.6. The van der Waals surface area contributed by atoms with Crippen LogP contribution in [0.5, 0.6) is 0 Å². The number of anilines is 1. The number of sulfonamides is 1. The van der Waals surface area contributed by atoms with E-state index in [1.807, 2.05) is 0 Å². The number of rotatable bonds is 6. The van der Waals surface area contributed by atoms with E-state index in [1.165, 1.54) is 0 Å². The van der Waals surface area contributed by atoms with Crippen LogP contribution in [0.3, 0.4) is 0 Å². The SMILES string of the molecule is COC(=O)c1cc(C(=O)Nc2ccc(F)c(S(=O)(=O)N3CCOCC3)c2)cc([N+](=O)[O-])c1. The molecule has 0 bridgehead atoms. The monoisotopic (exact) mass is 467 g/mol. The van der Waals surface area contributed by atoms with E-state index in [0.29, 0.717) is 0 Å². The largest absolute Gasteiger partial charge is 0.465 e. The average molecular weight is 467 g/mol. The lowest BCUT2D eigenvalue weighted by Crippen LogP contribution is -2.40. The first-order chi connectivity index (χ1) is 15.1. The van der Waals surface area contributed by atoms with E-state index in [9.17, 15) is 32.5 Å². The van der Waals surface area contributed by atoms with Crippen molar-refractivity contribution in [3.63, 3.8) is 0 Å². The minimum atomic E-state index is -4.18. The maximum Gasteiger partial charge on any atom is 0.338 e. The summed E-state index contributed by atoms with van der Waals surface area (Å²) in [6, 6.07) is 5.96. The molecule has 0 unspecified atom stereocenters. The fourth-order valence-electron chi connectivity index (χ4n) is 2.99. The highest BCUT2D eigenvalue weighted by Crippen LogP contribution is 2.25. The highest BCUT2D eigenvalue weighted by Gasteiger charge is 2.29. The van der Waals surface area contributed by atoms with Gasteiger partial charge in [0.25, 0.3) is 11.6 Å². The molecule has 32 heavy (non-hydrogen) atoms. The molecule has 1 aliphatic rings. The fraction of sp³-hybridized carbons (Fsp3) is 0.263. The van der Waals surface area contributed by atoms with Crippen LogP contribution in [0.4, 0.5) is 15.8 Å². The van der Waals surface area contributed by atoms with Gasteiger partial charge in [0.05, 0.1) is 30.8 Å². The Kier molecular flexibility index (Phi) is 6.81. The van der Waals surface area contributed by atoms with Crippen LogP contribution in [-0.4, -0.2) is 62.9 Å². The number of nitro benzene ring substituents is 1. The number of amides is 1. The summed E-state index contributed by atoms with van der Waals surface area (Å²) in [6.07, 6.45) is 0. The maximum absolute atomic E-state index is 14.3. The summed E-state index contributed by atoms with van der Waals surface area (Å²) in [5.74, 6) is -2.76. The third-order valence-electron chi connectivity index (χ3n) is 4.59. The minimum absolute atomic E-state index is 0.0579. The minimum Gasteiger partial charge on any atom is -0.465 e. The molecule has 170 valence electrons. The molecule has 11 nitrogen and oxygen atoms in total. The molecule has 0 saturated carbocycles. The third kappa shape index (κ3) is 4.90. The number of nitrogens with zero attached hydrogens (tertiary/aromatic N) is 2. The molecule has 1 amide bonds. The second kappa shape index (κ2) is 9.38. The van der Waals surface area contributed by atoms with E-state index in [4.69, 9.17) is 4.74 Å². The van der Waals surface area contributed by atoms with Crippen LogP contribution in [0.2, 0.25) is 0 Å². The zero-order valence-corrected chi connectivity index (χ0v) is 17.6. The summed E-state index contributed by atoms with van der Waals surface area (Å²) in [5, 5.41) is 13.5. The van der Waals surface area contributed by atoms with E-state index < -0.39 is 43.2 Å². The maximum atomic E-state index is 14.3. The van der Waals surface area contributed by atoms with Crippen molar-refractivity contribution in [1.29, 1.82) is 0 Å². The molecule has 0 spiro atoms. The first-order valence-corrected chi connectivity index (χ1v) is 10.6. The Labute approximate surface area is 181 Å². The lowest BCUT2D eigenvalue weighted by atomic mass is 10.1. The highest BCUT2D eigenvalue weighted by atomic mass is 32.2. The van der Waals surface area contributed by atoms with Gasteiger partial charge in [0.2, 0.25) is 10.0 Å². The lowest BCUT2D eigenvalue weighted by Gasteiger charge is -2.26. The molecule has 2 aromatic rings. The summed E-state index contributed by atoms with van der Waals surface area (Å²) in [6.45, 7) is 0.462. The molecular weight excluding hydrogens is 449 g/mol. The van der Waals surface area contributed by atoms with Gasteiger partial charge in [-0.25, -0.2) is 17.6 Å². The first-order valence-electron chi connectivity index (χ1n) is 9.20. The number of halogens is 1. The number of esters is 1. The molecule has 0 radical (unpaired) electrons. The summed E-state index contributed by atoms with van der Waals surface area (Å²) < 4.78 is 50.6. The van der Waals surface area contributed by atoms with Crippen molar-refractivity contribution >= 4 is 33.3 Å². The molecule has 0 aromatic heterocycles. The van der Waals surface area contributed by atoms with Crippen LogP contribution in [0.1, 0.15) is 20.7 Å². The molecule has 0 atom stereocenters. The summed E-state index contributed by atoms with van der Waals surface area (Å²) >= 11 is 0. The molecule has 1 heterocycles. The Morgan fingerprint density at radius 2 is 1.81 bits per heavy atom. The van der Waals surface area contributed by atoms with E-state index in [-0.39, 0.29) is 43.1 Å². The van der Waals surface area contributed by atoms with Crippen LogP contribution in [0, 0.1) is 15.9 Å². The van der Waals surface area contributed by atoms with Crippen molar-refractivity contribution in [2.24, 2.45) is 0 Å². The van der Waals surface area contributed by atoms with E-state index in [2.05, 4.69) is 10.1 Å². The Bertz CT molecular complexity index is 1180. The number of morpholine rings is 1. The Balaban J connectivity index is 1.92. The van der Waals surface area contributed by atoms with Gasteiger partial charge in [-0.1, -0.05) is 0 Å². The molecule has 1 N–H and O–H groups in total. The van der Waals surface area contributed by atoms with Crippen molar-refractivity contribution in [3.05, 3.63) is 63.5 Å². The number of carbonyl (C=O) groups is 2. The van der Waals surface area contributed by atoms with Gasteiger partial charge < -0.3 is 14.8 Å². The van der Waals surface area contributed by atoms with Gasteiger partial charge in [0.1, 0.15) is 10.7 Å². The molecular formula is C19H18FN3O8S. The summed E-state index contributed by atoms with van der Waals surface area (Å²) in [7, 11) is -3.10. The number of methoxy groups -OCH3 is 1. The average Bonchev–Trinajstić information content (AvgIpc) is 2.79. The predicted octanol–water partition coefficient (Wildman–Crippen LogP) is 1.79. The lowest BCUT2D eigenvalue weighted by molar-refractivity contribution is -0.384. The van der Waals surface area contributed by atoms with Crippen molar-refractivity contribution in [3.8, 4) is 0 Å². The standard InChI is InChI=1S/C19H18FN3O8S/c1-30-19(25)13-8-12(9-15(10-13)23(26)27)18(24)21-14-2-3-16(20)17(11-14)32(28,29)22-4-6-31-7-5-22/h2-3,8-11H,4-7H2,1H3,(H,21,24). The van der Waals surface area contributed by atoms with Crippen LogP contribution in [0.25, 0.3) is 0 Å².